The molecular weight excluding hydrogens is 473 g/mol. The standard InChI is InChI=1S/C26H29Cl2N3OS/c1-25(2,3)22(12-10-17-9-11-18(27)15-21(17)28)29-23-26(13-4-5-14-26)31(24(33)30-23)19-7-6-8-20(32)16-19/h6-12,15-16,22,32H,4-5,13-14H2,1-3H3,(H,29,30,33)/b12-10+. The summed E-state index contributed by atoms with van der Waals surface area (Å²) in [4.78, 5) is 7.40. The lowest BCUT2D eigenvalue weighted by Crippen LogP contribution is -2.48. The molecule has 1 spiro atoms. The number of phenols is 1. The van der Waals surface area contributed by atoms with Crippen LogP contribution in [-0.4, -0.2) is 27.6 Å². The maximum Gasteiger partial charge on any atom is 0.179 e. The monoisotopic (exact) mass is 501 g/mol. The summed E-state index contributed by atoms with van der Waals surface area (Å²) in [5.74, 6) is 1.13. The van der Waals surface area contributed by atoms with Gasteiger partial charge in [0.15, 0.2) is 5.11 Å². The molecule has 174 valence electrons. The van der Waals surface area contributed by atoms with Crippen LogP contribution in [0, 0.1) is 5.41 Å². The third-order valence-electron chi connectivity index (χ3n) is 6.39. The number of rotatable bonds is 4. The highest BCUT2D eigenvalue weighted by molar-refractivity contribution is 7.80. The minimum Gasteiger partial charge on any atom is -0.508 e. The molecule has 4 nitrogen and oxygen atoms in total. The molecule has 2 aromatic carbocycles. The maximum absolute atomic E-state index is 10.1. The van der Waals surface area contributed by atoms with Crippen LogP contribution in [0.4, 0.5) is 5.69 Å². The van der Waals surface area contributed by atoms with Gasteiger partial charge in [-0.3, -0.25) is 4.99 Å². The minimum atomic E-state index is -0.319. The molecule has 7 heteroatoms. The number of phenolic OH excluding ortho intramolecular Hbond substituents is 1. The van der Waals surface area contributed by atoms with Crippen LogP contribution in [0.5, 0.6) is 5.75 Å². The van der Waals surface area contributed by atoms with Gasteiger partial charge in [0.25, 0.3) is 0 Å². The molecule has 0 aromatic heterocycles. The number of hydrogen-bond acceptors (Lipinski definition) is 3. The van der Waals surface area contributed by atoms with Crippen molar-refractivity contribution in [2.45, 2.75) is 58.0 Å². The number of benzene rings is 2. The summed E-state index contributed by atoms with van der Waals surface area (Å²) in [6.07, 6.45) is 8.24. The van der Waals surface area contributed by atoms with Gasteiger partial charge in [-0.05, 0) is 60.3 Å². The molecule has 0 bridgehead atoms. The van der Waals surface area contributed by atoms with Crippen molar-refractivity contribution in [1.82, 2.24) is 5.32 Å². The zero-order chi connectivity index (χ0) is 23.8. The van der Waals surface area contributed by atoms with E-state index in [1.165, 1.54) is 0 Å². The Balaban J connectivity index is 1.74. The lowest BCUT2D eigenvalue weighted by Gasteiger charge is -2.35. The van der Waals surface area contributed by atoms with Gasteiger partial charge in [0.2, 0.25) is 0 Å². The number of amidine groups is 1. The number of anilines is 1. The first-order valence-electron chi connectivity index (χ1n) is 11.2. The van der Waals surface area contributed by atoms with Crippen LogP contribution in [0.3, 0.4) is 0 Å². The van der Waals surface area contributed by atoms with Gasteiger partial charge in [-0.1, -0.05) is 81.1 Å². The molecule has 1 unspecified atom stereocenters. The summed E-state index contributed by atoms with van der Waals surface area (Å²) in [5, 5.41) is 15.4. The van der Waals surface area contributed by atoms with Crippen molar-refractivity contribution < 1.29 is 5.11 Å². The molecule has 1 saturated carbocycles. The van der Waals surface area contributed by atoms with Crippen molar-refractivity contribution >= 4 is 58.1 Å². The number of aromatic hydroxyl groups is 1. The summed E-state index contributed by atoms with van der Waals surface area (Å²) < 4.78 is 0. The predicted octanol–water partition coefficient (Wildman–Crippen LogP) is 7.23. The fourth-order valence-electron chi connectivity index (χ4n) is 4.64. The zero-order valence-electron chi connectivity index (χ0n) is 19.1. The summed E-state index contributed by atoms with van der Waals surface area (Å²) in [6, 6.07) is 12.7. The Bertz CT molecular complexity index is 1120. The first kappa shape index (κ1) is 24.1. The van der Waals surface area contributed by atoms with Crippen molar-refractivity contribution in [3.8, 4) is 5.75 Å². The van der Waals surface area contributed by atoms with Crippen molar-refractivity contribution in [2.24, 2.45) is 10.4 Å². The lowest BCUT2D eigenvalue weighted by molar-refractivity contribution is 0.366. The van der Waals surface area contributed by atoms with E-state index in [4.69, 9.17) is 40.4 Å². The molecule has 1 aliphatic heterocycles. The Morgan fingerprint density at radius 2 is 1.88 bits per heavy atom. The summed E-state index contributed by atoms with van der Waals surface area (Å²) in [5.41, 5.74) is 1.35. The Hall–Kier alpha value is -2.08. The van der Waals surface area contributed by atoms with Gasteiger partial charge in [0.1, 0.15) is 17.1 Å². The highest BCUT2D eigenvalue weighted by Crippen LogP contribution is 2.43. The van der Waals surface area contributed by atoms with Gasteiger partial charge in [0, 0.05) is 21.8 Å². The first-order chi connectivity index (χ1) is 15.6. The van der Waals surface area contributed by atoms with Gasteiger partial charge in [-0.25, -0.2) is 0 Å². The fraction of sp³-hybridized carbons (Fsp3) is 0.385. The predicted molar refractivity (Wildman–Crippen MR) is 144 cm³/mol. The van der Waals surface area contributed by atoms with Gasteiger partial charge < -0.3 is 15.3 Å². The SMILES string of the molecule is CC(C)(C)C(/C=C/c1ccc(Cl)cc1Cl)N=C1NC(=S)N(c2cccc(O)c2)C12CCCC2. The second-order valence-electron chi connectivity index (χ2n) is 9.84. The van der Waals surface area contributed by atoms with Crippen LogP contribution in [0.2, 0.25) is 10.0 Å². The first-order valence-corrected chi connectivity index (χ1v) is 12.4. The van der Waals surface area contributed by atoms with Crippen molar-refractivity contribution in [3.05, 3.63) is 64.1 Å². The molecule has 2 fully saturated rings. The molecule has 1 aliphatic carbocycles. The van der Waals surface area contributed by atoms with Crippen LogP contribution in [0.1, 0.15) is 52.0 Å². The molecule has 1 atom stereocenters. The molecular formula is C26H29Cl2N3OS. The van der Waals surface area contributed by atoms with Crippen LogP contribution in [0.25, 0.3) is 6.08 Å². The van der Waals surface area contributed by atoms with Crippen LogP contribution >= 0.6 is 35.4 Å². The summed E-state index contributed by atoms with van der Waals surface area (Å²) in [7, 11) is 0. The molecule has 2 N–H and O–H groups in total. The molecule has 4 rings (SSSR count). The van der Waals surface area contributed by atoms with Gasteiger partial charge in [-0.2, -0.15) is 0 Å². The average molecular weight is 503 g/mol. The number of nitrogens with zero attached hydrogens (tertiary/aromatic N) is 2. The van der Waals surface area contributed by atoms with E-state index in [0.29, 0.717) is 15.2 Å². The number of nitrogens with one attached hydrogen (secondary N) is 1. The van der Waals surface area contributed by atoms with Crippen LogP contribution in [-0.2, 0) is 0 Å². The van der Waals surface area contributed by atoms with E-state index in [-0.39, 0.29) is 22.7 Å². The number of hydrogen-bond donors (Lipinski definition) is 2. The second-order valence-corrected chi connectivity index (χ2v) is 11.1. The Kier molecular flexibility index (Phi) is 6.77. The van der Waals surface area contributed by atoms with Crippen molar-refractivity contribution in [3.63, 3.8) is 0 Å². The average Bonchev–Trinajstić information content (AvgIpc) is 3.31. The zero-order valence-corrected chi connectivity index (χ0v) is 21.4. The summed E-state index contributed by atoms with van der Waals surface area (Å²) in [6.45, 7) is 6.53. The summed E-state index contributed by atoms with van der Waals surface area (Å²) >= 11 is 18.2. The van der Waals surface area contributed by atoms with E-state index < -0.39 is 0 Å². The molecule has 1 heterocycles. The van der Waals surface area contributed by atoms with E-state index in [1.807, 2.05) is 30.3 Å². The third kappa shape index (κ3) is 4.91. The van der Waals surface area contributed by atoms with E-state index in [2.05, 4.69) is 37.1 Å². The Labute approximate surface area is 211 Å². The number of thiocarbonyl (C=S) groups is 1. The van der Waals surface area contributed by atoms with Gasteiger partial charge in [0.05, 0.1) is 6.04 Å². The van der Waals surface area contributed by atoms with E-state index in [9.17, 15) is 5.11 Å². The Morgan fingerprint density at radius 1 is 1.15 bits per heavy atom. The van der Waals surface area contributed by atoms with Crippen LogP contribution < -0.4 is 10.2 Å². The highest BCUT2D eigenvalue weighted by atomic mass is 35.5. The maximum atomic E-state index is 10.1. The minimum absolute atomic E-state index is 0.101. The Morgan fingerprint density at radius 3 is 2.52 bits per heavy atom. The fourth-order valence-corrected chi connectivity index (χ4v) is 5.49. The third-order valence-corrected chi connectivity index (χ3v) is 7.24. The molecule has 0 radical (unpaired) electrons. The lowest BCUT2D eigenvalue weighted by atomic mass is 9.86. The molecule has 2 aliphatic rings. The highest BCUT2D eigenvalue weighted by Gasteiger charge is 2.51. The van der Waals surface area contributed by atoms with Crippen molar-refractivity contribution in [1.29, 1.82) is 0 Å². The molecule has 0 amide bonds. The van der Waals surface area contributed by atoms with Crippen LogP contribution in [0.15, 0.2) is 53.5 Å². The number of halogens is 2. The second kappa shape index (κ2) is 9.28. The quantitative estimate of drug-likeness (QED) is 0.433. The largest absolute Gasteiger partial charge is 0.508 e. The molecule has 2 aromatic rings. The normalized spacial score (nSPS) is 20.2. The topological polar surface area (TPSA) is 47.9 Å². The van der Waals surface area contributed by atoms with E-state index in [1.54, 1.807) is 18.2 Å². The number of aliphatic imine (C=N–C) groups is 1. The smallest absolute Gasteiger partial charge is 0.179 e. The van der Waals surface area contributed by atoms with E-state index >= 15 is 0 Å². The van der Waals surface area contributed by atoms with Gasteiger partial charge in [-0.15, -0.1) is 0 Å². The van der Waals surface area contributed by atoms with E-state index in [0.717, 1.165) is 42.8 Å². The molecule has 33 heavy (non-hydrogen) atoms. The van der Waals surface area contributed by atoms with Gasteiger partial charge >= 0.3 is 0 Å². The molecule has 1 saturated heterocycles. The van der Waals surface area contributed by atoms with Crippen molar-refractivity contribution in [2.75, 3.05) is 4.90 Å².